The van der Waals surface area contributed by atoms with Gasteiger partial charge in [-0.15, -0.1) is 0 Å². The smallest absolute Gasteiger partial charge is 0.00201 e. The molecule has 0 N–H and O–H groups in total. The van der Waals surface area contributed by atoms with E-state index < -0.39 is 0 Å². The van der Waals surface area contributed by atoms with Crippen molar-refractivity contribution in [2.45, 2.75) is 0 Å². The maximum atomic E-state index is 2.48. The first-order chi connectivity index (χ1) is 28.8. The van der Waals surface area contributed by atoms with Crippen LogP contribution < -0.4 is 0 Å². The van der Waals surface area contributed by atoms with E-state index in [0.29, 0.717) is 0 Å². The van der Waals surface area contributed by atoms with E-state index in [1.165, 1.54) is 131 Å². The van der Waals surface area contributed by atoms with Gasteiger partial charge in [-0.05, 0) is 149 Å². The molecule has 58 heavy (non-hydrogen) atoms. The third-order valence-corrected chi connectivity index (χ3v) is 12.9. The maximum Gasteiger partial charge on any atom is -0.00201 e. The molecule has 0 atom stereocenters. The second-order valence-corrected chi connectivity index (χ2v) is 15.9. The van der Waals surface area contributed by atoms with Crippen LogP contribution in [0.5, 0.6) is 0 Å². The Balaban J connectivity index is 1.12. The van der Waals surface area contributed by atoms with Crippen molar-refractivity contribution in [2.75, 3.05) is 0 Å². The number of fused-ring (bicyclic) bond motifs is 2. The van der Waals surface area contributed by atoms with Gasteiger partial charge in [0.15, 0.2) is 0 Å². The Kier molecular flexibility index (Phi) is 6.54. The van der Waals surface area contributed by atoms with Gasteiger partial charge in [-0.1, -0.05) is 188 Å². The molecule has 0 saturated heterocycles. The average Bonchev–Trinajstić information content (AvgIpc) is 3.29. The highest BCUT2D eigenvalue weighted by Gasteiger charge is 2.21. The highest BCUT2D eigenvalue weighted by Crippen LogP contribution is 2.49. The number of hydrogen-bond acceptors (Lipinski definition) is 0. The molecule has 0 spiro atoms. The van der Waals surface area contributed by atoms with E-state index in [1.54, 1.807) is 0 Å². The van der Waals surface area contributed by atoms with Crippen LogP contribution in [0.2, 0.25) is 0 Å². The Bertz CT molecular complexity index is 3740. The van der Waals surface area contributed by atoms with Gasteiger partial charge in [0.2, 0.25) is 0 Å². The van der Waals surface area contributed by atoms with E-state index in [9.17, 15) is 0 Å². The Morgan fingerprint density at radius 3 is 1.33 bits per heavy atom. The van der Waals surface area contributed by atoms with Crippen LogP contribution in [0.1, 0.15) is 0 Å². The first-order valence-electron chi connectivity index (χ1n) is 20.2. The van der Waals surface area contributed by atoms with Crippen LogP contribution >= 0.6 is 0 Å². The van der Waals surface area contributed by atoms with Crippen LogP contribution in [0.15, 0.2) is 206 Å². The maximum absolute atomic E-state index is 2.48. The SMILES string of the molecule is c1ccc(-c2cc(-c3cc(-c4ccc5ccc6cccc7ccc4c5c67)c4ccccc4c3)c3ccccc3c2-c2ccc3ccc4cccc5ccc2c3c45)cc1. The molecule has 0 nitrogen and oxygen atoms in total. The zero-order valence-corrected chi connectivity index (χ0v) is 31.6. The van der Waals surface area contributed by atoms with Gasteiger partial charge in [0.05, 0.1) is 0 Å². The van der Waals surface area contributed by atoms with Crippen molar-refractivity contribution in [3.63, 3.8) is 0 Å². The molecule has 0 fully saturated rings. The molecule has 0 aromatic heterocycles. The highest BCUT2D eigenvalue weighted by atomic mass is 14.2. The Labute approximate surface area is 335 Å². The minimum absolute atomic E-state index is 1.21. The lowest BCUT2D eigenvalue weighted by molar-refractivity contribution is 1.61. The van der Waals surface area contributed by atoms with Gasteiger partial charge >= 0.3 is 0 Å². The lowest BCUT2D eigenvalue weighted by Crippen LogP contribution is -1.94. The van der Waals surface area contributed by atoms with Crippen LogP contribution in [-0.2, 0) is 0 Å². The fraction of sp³-hybridized carbons (Fsp3) is 0. The molecule has 0 amide bonds. The van der Waals surface area contributed by atoms with E-state index in [2.05, 4.69) is 206 Å². The van der Waals surface area contributed by atoms with E-state index in [1.807, 2.05) is 0 Å². The van der Waals surface area contributed by atoms with Crippen molar-refractivity contribution in [2.24, 2.45) is 0 Å². The molecule has 0 aliphatic heterocycles. The summed E-state index contributed by atoms with van der Waals surface area (Å²) in [7, 11) is 0. The number of hydrogen-bond donors (Lipinski definition) is 0. The fourth-order valence-electron chi connectivity index (χ4n) is 10.4. The number of benzene rings is 13. The molecule has 266 valence electrons. The Morgan fingerprint density at radius 1 is 0.190 bits per heavy atom. The van der Waals surface area contributed by atoms with Crippen LogP contribution in [0, 0.1) is 0 Å². The highest BCUT2D eigenvalue weighted by molar-refractivity contribution is 6.28. The zero-order chi connectivity index (χ0) is 37.9. The summed E-state index contributed by atoms with van der Waals surface area (Å²) >= 11 is 0. The van der Waals surface area contributed by atoms with Gasteiger partial charge < -0.3 is 0 Å². The summed E-state index contributed by atoms with van der Waals surface area (Å²) in [5.41, 5.74) is 9.96. The molecule has 0 aliphatic rings. The molecular weight excluding hydrogens is 697 g/mol. The van der Waals surface area contributed by atoms with Crippen molar-refractivity contribution in [1.82, 2.24) is 0 Å². The van der Waals surface area contributed by atoms with Crippen molar-refractivity contribution in [1.29, 1.82) is 0 Å². The zero-order valence-electron chi connectivity index (χ0n) is 31.6. The van der Waals surface area contributed by atoms with Gasteiger partial charge in [-0.3, -0.25) is 0 Å². The second-order valence-electron chi connectivity index (χ2n) is 15.9. The summed E-state index contributed by atoms with van der Waals surface area (Å²) < 4.78 is 0. The topological polar surface area (TPSA) is 0 Å². The van der Waals surface area contributed by atoms with Crippen LogP contribution in [0.4, 0.5) is 0 Å². The quantitative estimate of drug-likeness (QED) is 0.158. The molecule has 13 rings (SSSR count). The largest absolute Gasteiger partial charge is 0.0622 e. The van der Waals surface area contributed by atoms with Crippen molar-refractivity contribution in [3.8, 4) is 44.5 Å². The molecular formula is C58H34. The standard InChI is InChI=1S/C58H34/c1-2-10-35(11-3-1)52-34-51(45-18-6-7-19-47(45)58(52)50-31-27-41-23-21-37-14-9-16-39-26-30-49(50)57(41)55(37)39)43-32-42-12-4-5-17-44(42)53(33-43)46-28-24-40-22-20-36-13-8-15-38-25-29-48(46)56(40)54(36)38/h1-34H. The lowest BCUT2D eigenvalue weighted by Gasteiger charge is -2.21. The van der Waals surface area contributed by atoms with E-state index in [-0.39, 0.29) is 0 Å². The first-order valence-corrected chi connectivity index (χ1v) is 20.2. The minimum atomic E-state index is 1.21. The van der Waals surface area contributed by atoms with E-state index in [0.717, 1.165) is 0 Å². The molecule has 0 saturated carbocycles. The summed E-state index contributed by atoms with van der Waals surface area (Å²) in [4.78, 5) is 0. The third-order valence-electron chi connectivity index (χ3n) is 12.9. The summed E-state index contributed by atoms with van der Waals surface area (Å²) in [6, 6.07) is 77.4. The normalized spacial score (nSPS) is 12.1. The Morgan fingerprint density at radius 2 is 0.672 bits per heavy atom. The monoisotopic (exact) mass is 730 g/mol. The summed E-state index contributed by atoms with van der Waals surface area (Å²) in [6.45, 7) is 0. The van der Waals surface area contributed by atoms with Crippen LogP contribution in [0.3, 0.4) is 0 Å². The Hall–Kier alpha value is -7.54. The van der Waals surface area contributed by atoms with Crippen molar-refractivity contribution in [3.05, 3.63) is 206 Å². The van der Waals surface area contributed by atoms with Gasteiger partial charge in [0.25, 0.3) is 0 Å². The van der Waals surface area contributed by atoms with Gasteiger partial charge in [-0.25, -0.2) is 0 Å². The molecule has 13 aromatic rings. The number of rotatable bonds is 4. The summed E-state index contributed by atoms with van der Waals surface area (Å²) in [6.07, 6.45) is 0. The first kappa shape index (κ1) is 31.6. The molecule has 0 heterocycles. The molecule has 0 bridgehead atoms. The third kappa shape index (κ3) is 4.46. The predicted octanol–water partition coefficient (Wildman–Crippen LogP) is 16.5. The van der Waals surface area contributed by atoms with Crippen molar-refractivity contribution < 1.29 is 0 Å². The summed E-state index contributed by atoms with van der Waals surface area (Å²) in [5, 5.41) is 20.7. The lowest BCUT2D eigenvalue weighted by atomic mass is 9.82. The van der Waals surface area contributed by atoms with Crippen LogP contribution in [-0.4, -0.2) is 0 Å². The fourth-order valence-corrected chi connectivity index (χ4v) is 10.4. The summed E-state index contributed by atoms with van der Waals surface area (Å²) in [5.74, 6) is 0. The van der Waals surface area contributed by atoms with Crippen molar-refractivity contribution >= 4 is 86.2 Å². The van der Waals surface area contributed by atoms with Crippen LogP contribution in [0.25, 0.3) is 131 Å². The van der Waals surface area contributed by atoms with Gasteiger partial charge in [0, 0.05) is 0 Å². The molecule has 0 heteroatoms. The predicted molar refractivity (Wildman–Crippen MR) is 251 cm³/mol. The minimum Gasteiger partial charge on any atom is -0.0622 e. The van der Waals surface area contributed by atoms with E-state index >= 15 is 0 Å². The van der Waals surface area contributed by atoms with Gasteiger partial charge in [0.1, 0.15) is 0 Å². The van der Waals surface area contributed by atoms with E-state index in [4.69, 9.17) is 0 Å². The second kappa shape index (κ2) is 12.0. The average molecular weight is 731 g/mol. The molecule has 13 aromatic carbocycles. The molecule has 0 radical (unpaired) electrons. The molecule has 0 aliphatic carbocycles. The molecule has 0 unspecified atom stereocenters. The van der Waals surface area contributed by atoms with Gasteiger partial charge in [-0.2, -0.15) is 0 Å².